The van der Waals surface area contributed by atoms with Crippen LogP contribution in [-0.4, -0.2) is 36.3 Å². The first-order valence-corrected chi connectivity index (χ1v) is 10.7. The maximum absolute atomic E-state index is 13.4. The zero-order valence-corrected chi connectivity index (χ0v) is 16.7. The lowest BCUT2D eigenvalue weighted by Crippen LogP contribution is -2.50. The number of fused-ring (bicyclic) bond motifs is 1. The molecule has 4 heteroatoms. The molecule has 1 saturated carbocycles. The standard InChI is InChI=1S/C23H32N2O2/c1-16-13-17(2)15-24(14-16)22(26)19-8-4-5-9-20(19)23(27)25-12-11-18-7-3-6-10-21(18)25/h3,6-7,10,16-17,19-20H,4-5,8-9,11-15H2,1-2H3. The van der Waals surface area contributed by atoms with Crippen molar-refractivity contribution in [1.82, 2.24) is 4.90 Å². The summed E-state index contributed by atoms with van der Waals surface area (Å²) in [5.41, 5.74) is 2.31. The van der Waals surface area contributed by atoms with Crippen molar-refractivity contribution in [1.29, 1.82) is 0 Å². The molecule has 4 unspecified atom stereocenters. The van der Waals surface area contributed by atoms with E-state index in [1.165, 1.54) is 12.0 Å². The summed E-state index contributed by atoms with van der Waals surface area (Å²) < 4.78 is 0. The topological polar surface area (TPSA) is 40.6 Å². The predicted molar refractivity (Wildman–Crippen MR) is 107 cm³/mol. The van der Waals surface area contributed by atoms with Crippen LogP contribution in [0.3, 0.4) is 0 Å². The molecule has 3 aliphatic rings. The number of para-hydroxylation sites is 1. The van der Waals surface area contributed by atoms with E-state index in [-0.39, 0.29) is 23.7 Å². The van der Waals surface area contributed by atoms with Crippen LogP contribution in [0.1, 0.15) is 51.5 Å². The Morgan fingerprint density at radius 2 is 1.56 bits per heavy atom. The number of nitrogens with zero attached hydrogens (tertiary/aromatic N) is 2. The van der Waals surface area contributed by atoms with E-state index in [4.69, 9.17) is 0 Å². The van der Waals surface area contributed by atoms with Gasteiger partial charge in [0.2, 0.25) is 11.8 Å². The number of benzene rings is 1. The molecule has 146 valence electrons. The minimum atomic E-state index is -0.148. The third kappa shape index (κ3) is 3.63. The second-order valence-corrected chi connectivity index (χ2v) is 9.06. The first-order chi connectivity index (χ1) is 13.0. The molecule has 27 heavy (non-hydrogen) atoms. The molecule has 2 aliphatic heterocycles. The van der Waals surface area contributed by atoms with Gasteiger partial charge in [-0.15, -0.1) is 0 Å². The first-order valence-electron chi connectivity index (χ1n) is 10.7. The van der Waals surface area contributed by atoms with Crippen LogP contribution in [-0.2, 0) is 16.0 Å². The van der Waals surface area contributed by atoms with Gasteiger partial charge in [-0.05, 0) is 49.1 Å². The minimum Gasteiger partial charge on any atom is -0.342 e. The van der Waals surface area contributed by atoms with Gasteiger partial charge in [-0.2, -0.15) is 0 Å². The van der Waals surface area contributed by atoms with E-state index in [1.54, 1.807) is 0 Å². The molecule has 1 aromatic rings. The number of likely N-dealkylation sites (tertiary alicyclic amines) is 1. The highest BCUT2D eigenvalue weighted by molar-refractivity contribution is 5.99. The van der Waals surface area contributed by atoms with Crippen LogP contribution >= 0.6 is 0 Å². The van der Waals surface area contributed by atoms with E-state index < -0.39 is 0 Å². The van der Waals surface area contributed by atoms with Crippen LogP contribution in [0.25, 0.3) is 0 Å². The van der Waals surface area contributed by atoms with Crippen molar-refractivity contribution in [2.24, 2.45) is 23.7 Å². The first kappa shape index (κ1) is 18.5. The third-order valence-electron chi connectivity index (χ3n) is 6.73. The molecule has 0 spiro atoms. The van der Waals surface area contributed by atoms with Gasteiger partial charge in [0.15, 0.2) is 0 Å². The Morgan fingerprint density at radius 1 is 0.926 bits per heavy atom. The summed E-state index contributed by atoms with van der Waals surface area (Å²) in [7, 11) is 0. The Bertz CT molecular complexity index is 706. The fraction of sp³-hybridized carbons (Fsp3) is 0.652. The highest BCUT2D eigenvalue weighted by Gasteiger charge is 2.42. The molecule has 4 atom stereocenters. The number of hydrogen-bond donors (Lipinski definition) is 0. The molecular formula is C23H32N2O2. The second kappa shape index (κ2) is 7.65. The number of anilines is 1. The van der Waals surface area contributed by atoms with Gasteiger partial charge in [-0.1, -0.05) is 44.9 Å². The SMILES string of the molecule is CC1CC(C)CN(C(=O)C2CCCCC2C(=O)N2CCc3ccccc32)C1. The minimum absolute atomic E-state index is 0.128. The Morgan fingerprint density at radius 3 is 2.26 bits per heavy atom. The maximum atomic E-state index is 13.4. The molecule has 2 amide bonds. The van der Waals surface area contributed by atoms with Crippen molar-refractivity contribution < 1.29 is 9.59 Å². The average Bonchev–Trinajstić information content (AvgIpc) is 3.10. The number of rotatable bonds is 2. The van der Waals surface area contributed by atoms with Crippen molar-refractivity contribution in [2.75, 3.05) is 24.5 Å². The zero-order valence-electron chi connectivity index (χ0n) is 16.7. The average molecular weight is 369 g/mol. The van der Waals surface area contributed by atoms with Crippen LogP contribution in [0, 0.1) is 23.7 Å². The lowest BCUT2D eigenvalue weighted by atomic mass is 9.77. The summed E-state index contributed by atoms with van der Waals surface area (Å²) >= 11 is 0. The van der Waals surface area contributed by atoms with E-state index in [2.05, 4.69) is 24.8 Å². The van der Waals surface area contributed by atoms with Gasteiger partial charge in [0.25, 0.3) is 0 Å². The van der Waals surface area contributed by atoms with E-state index >= 15 is 0 Å². The Labute approximate surface area is 162 Å². The smallest absolute Gasteiger partial charge is 0.230 e. The summed E-state index contributed by atoms with van der Waals surface area (Å²) in [5.74, 6) is 1.25. The number of amides is 2. The van der Waals surface area contributed by atoms with Gasteiger partial charge in [0.05, 0.1) is 5.92 Å². The van der Waals surface area contributed by atoms with Crippen molar-refractivity contribution in [2.45, 2.75) is 52.4 Å². The molecule has 0 bridgehead atoms. The highest BCUT2D eigenvalue weighted by atomic mass is 16.2. The normalized spacial score (nSPS) is 30.9. The molecule has 0 radical (unpaired) electrons. The Kier molecular flexibility index (Phi) is 5.25. The monoisotopic (exact) mass is 368 g/mol. The molecule has 1 aromatic carbocycles. The summed E-state index contributed by atoms with van der Waals surface area (Å²) in [4.78, 5) is 30.8. The van der Waals surface area contributed by atoms with Gasteiger partial charge in [-0.3, -0.25) is 9.59 Å². The van der Waals surface area contributed by atoms with Crippen molar-refractivity contribution in [3.8, 4) is 0 Å². The molecule has 1 saturated heterocycles. The summed E-state index contributed by atoms with van der Waals surface area (Å²) in [6.45, 7) is 6.94. The zero-order chi connectivity index (χ0) is 19.0. The maximum Gasteiger partial charge on any atom is 0.230 e. The van der Waals surface area contributed by atoms with Gasteiger partial charge in [0, 0.05) is 31.2 Å². The molecular weight excluding hydrogens is 336 g/mol. The molecule has 4 rings (SSSR count). The number of carbonyl (C=O) groups is 2. The van der Waals surface area contributed by atoms with E-state index in [0.29, 0.717) is 11.8 Å². The fourth-order valence-corrected chi connectivity index (χ4v) is 5.57. The summed E-state index contributed by atoms with van der Waals surface area (Å²) in [5, 5.41) is 0. The van der Waals surface area contributed by atoms with Crippen molar-refractivity contribution in [3.63, 3.8) is 0 Å². The number of hydrogen-bond acceptors (Lipinski definition) is 2. The number of carbonyl (C=O) groups excluding carboxylic acids is 2. The van der Waals surface area contributed by atoms with Crippen molar-refractivity contribution >= 4 is 17.5 Å². The van der Waals surface area contributed by atoms with Crippen LogP contribution in [0.4, 0.5) is 5.69 Å². The highest BCUT2D eigenvalue weighted by Crippen LogP contribution is 2.37. The third-order valence-corrected chi connectivity index (χ3v) is 6.73. The van der Waals surface area contributed by atoms with Crippen LogP contribution in [0.15, 0.2) is 24.3 Å². The van der Waals surface area contributed by atoms with Gasteiger partial charge in [0.1, 0.15) is 0 Å². The predicted octanol–water partition coefficient (Wildman–Crippen LogP) is 3.89. The van der Waals surface area contributed by atoms with Gasteiger partial charge >= 0.3 is 0 Å². The Hall–Kier alpha value is -1.84. The summed E-state index contributed by atoms with van der Waals surface area (Å²) in [6.07, 6.45) is 5.96. The van der Waals surface area contributed by atoms with Crippen LogP contribution in [0.2, 0.25) is 0 Å². The van der Waals surface area contributed by atoms with Gasteiger partial charge in [-0.25, -0.2) is 0 Å². The van der Waals surface area contributed by atoms with E-state index in [1.807, 2.05) is 23.1 Å². The largest absolute Gasteiger partial charge is 0.342 e. The summed E-state index contributed by atoms with van der Waals surface area (Å²) in [6, 6.07) is 8.21. The molecule has 4 nitrogen and oxygen atoms in total. The van der Waals surface area contributed by atoms with Crippen LogP contribution < -0.4 is 4.90 Å². The number of piperidine rings is 1. The van der Waals surface area contributed by atoms with Crippen LogP contribution in [0.5, 0.6) is 0 Å². The van der Waals surface area contributed by atoms with Crippen molar-refractivity contribution in [3.05, 3.63) is 29.8 Å². The molecule has 0 aromatic heterocycles. The Balaban J connectivity index is 1.52. The quantitative estimate of drug-likeness (QED) is 0.795. The second-order valence-electron chi connectivity index (χ2n) is 9.06. The van der Waals surface area contributed by atoms with Gasteiger partial charge < -0.3 is 9.80 Å². The molecule has 1 aliphatic carbocycles. The molecule has 2 fully saturated rings. The fourth-order valence-electron chi connectivity index (χ4n) is 5.57. The lowest BCUT2D eigenvalue weighted by Gasteiger charge is -2.40. The lowest BCUT2D eigenvalue weighted by molar-refractivity contribution is -0.145. The van der Waals surface area contributed by atoms with E-state index in [9.17, 15) is 9.59 Å². The van der Waals surface area contributed by atoms with E-state index in [0.717, 1.165) is 57.4 Å². The molecule has 2 heterocycles. The molecule has 0 N–H and O–H groups in total.